The van der Waals surface area contributed by atoms with Gasteiger partial charge in [0.15, 0.2) is 5.11 Å². The Bertz CT molecular complexity index is 737. The molecule has 124 valence electrons. The molecule has 0 aliphatic carbocycles. The lowest BCUT2D eigenvalue weighted by Crippen LogP contribution is -2.36. The van der Waals surface area contributed by atoms with Crippen molar-refractivity contribution in [2.24, 2.45) is 5.10 Å². The van der Waals surface area contributed by atoms with E-state index in [1.807, 2.05) is 41.5 Å². The number of hydrazone groups is 1. The molecule has 1 aromatic heterocycles. The fourth-order valence-corrected chi connectivity index (χ4v) is 2.94. The molecule has 0 amide bonds. The van der Waals surface area contributed by atoms with Gasteiger partial charge in [0, 0.05) is 24.9 Å². The van der Waals surface area contributed by atoms with Crippen LogP contribution in [0.2, 0.25) is 0 Å². The van der Waals surface area contributed by atoms with Gasteiger partial charge in [0.05, 0.1) is 12.8 Å². The largest absolute Gasteiger partial charge is 0.497 e. The van der Waals surface area contributed by atoms with Crippen LogP contribution in [0.1, 0.15) is 23.7 Å². The summed E-state index contributed by atoms with van der Waals surface area (Å²) in [5.41, 5.74) is 3.16. The summed E-state index contributed by atoms with van der Waals surface area (Å²) < 4.78 is 5.22. The fraction of sp³-hybridized carbons (Fsp3) is 0.222. The fourth-order valence-electron chi connectivity index (χ4n) is 2.69. The molecular weight excluding hydrogens is 320 g/mol. The molecule has 0 fully saturated rings. The molecule has 0 bridgehead atoms. The Morgan fingerprint density at radius 3 is 2.88 bits per heavy atom. The number of benzene rings is 1. The molecule has 6 heteroatoms. The predicted octanol–water partition coefficient (Wildman–Crippen LogP) is 3.23. The third kappa shape index (κ3) is 3.33. The molecule has 1 atom stereocenters. The van der Waals surface area contributed by atoms with Crippen molar-refractivity contribution in [2.75, 3.05) is 13.7 Å². The van der Waals surface area contributed by atoms with Crippen molar-refractivity contribution in [2.45, 2.75) is 12.5 Å². The van der Waals surface area contributed by atoms with E-state index >= 15 is 0 Å². The highest BCUT2D eigenvalue weighted by Gasteiger charge is 2.31. The number of nitrogens with zero attached hydrogens (tertiary/aromatic N) is 2. The second kappa shape index (κ2) is 7.31. The minimum absolute atomic E-state index is 0.0573. The number of ether oxygens (including phenoxy) is 1. The zero-order chi connectivity index (χ0) is 16.9. The van der Waals surface area contributed by atoms with Crippen LogP contribution in [0.15, 0.2) is 60.4 Å². The van der Waals surface area contributed by atoms with Gasteiger partial charge in [0.2, 0.25) is 0 Å². The van der Waals surface area contributed by atoms with Crippen molar-refractivity contribution in [1.29, 1.82) is 0 Å². The predicted molar refractivity (Wildman–Crippen MR) is 100 cm³/mol. The van der Waals surface area contributed by atoms with E-state index in [9.17, 15) is 0 Å². The van der Waals surface area contributed by atoms with Crippen LogP contribution in [-0.2, 0) is 0 Å². The third-order valence-corrected chi connectivity index (χ3v) is 4.25. The van der Waals surface area contributed by atoms with E-state index in [1.165, 1.54) is 0 Å². The SMILES string of the molecule is C=CCNC(=S)N1N=C(c2ccc(OC)cc2)CC1c1ccc[nH]1. The van der Waals surface area contributed by atoms with Crippen LogP contribution in [0.4, 0.5) is 0 Å². The molecule has 1 aliphatic heterocycles. The van der Waals surface area contributed by atoms with Crippen LogP contribution >= 0.6 is 12.2 Å². The third-order valence-electron chi connectivity index (χ3n) is 3.92. The number of aromatic amines is 1. The first kappa shape index (κ1) is 16.3. The van der Waals surface area contributed by atoms with E-state index in [2.05, 4.69) is 22.9 Å². The summed E-state index contributed by atoms with van der Waals surface area (Å²) in [5, 5.41) is 10.4. The van der Waals surface area contributed by atoms with E-state index in [0.717, 1.165) is 29.1 Å². The Morgan fingerprint density at radius 2 is 2.25 bits per heavy atom. The summed E-state index contributed by atoms with van der Waals surface area (Å²) in [6, 6.07) is 12.0. The number of thiocarbonyl (C=S) groups is 1. The van der Waals surface area contributed by atoms with Crippen molar-refractivity contribution in [3.8, 4) is 5.75 Å². The van der Waals surface area contributed by atoms with E-state index in [-0.39, 0.29) is 6.04 Å². The summed E-state index contributed by atoms with van der Waals surface area (Å²) in [6.07, 6.45) is 4.47. The Hall–Kier alpha value is -2.60. The van der Waals surface area contributed by atoms with Crippen LogP contribution < -0.4 is 10.1 Å². The second-order valence-corrected chi connectivity index (χ2v) is 5.83. The highest BCUT2D eigenvalue weighted by Crippen LogP contribution is 2.32. The minimum atomic E-state index is 0.0573. The summed E-state index contributed by atoms with van der Waals surface area (Å²) in [6.45, 7) is 4.32. The average Bonchev–Trinajstić information content (AvgIpc) is 3.29. The second-order valence-electron chi connectivity index (χ2n) is 5.44. The average molecular weight is 340 g/mol. The molecule has 1 aliphatic rings. The molecule has 24 heavy (non-hydrogen) atoms. The number of rotatable bonds is 5. The van der Waals surface area contributed by atoms with Gasteiger partial charge in [0.25, 0.3) is 0 Å². The monoisotopic (exact) mass is 340 g/mol. The highest BCUT2D eigenvalue weighted by molar-refractivity contribution is 7.80. The molecule has 2 N–H and O–H groups in total. The van der Waals surface area contributed by atoms with Gasteiger partial charge in [-0.25, -0.2) is 5.01 Å². The lowest BCUT2D eigenvalue weighted by atomic mass is 10.0. The number of hydrogen-bond donors (Lipinski definition) is 2. The molecular formula is C18H20N4OS. The standard InChI is InChI=1S/C18H20N4OS/c1-3-10-20-18(24)22-17(15-5-4-11-19-15)12-16(21-22)13-6-8-14(23-2)9-7-13/h3-9,11,17,19H,1,10,12H2,2H3,(H,20,24). The number of nitrogens with one attached hydrogen (secondary N) is 2. The van der Waals surface area contributed by atoms with Crippen LogP contribution in [-0.4, -0.2) is 34.5 Å². The zero-order valence-electron chi connectivity index (χ0n) is 13.5. The van der Waals surface area contributed by atoms with Gasteiger partial charge in [-0.05, 0) is 54.2 Å². The van der Waals surface area contributed by atoms with Crippen LogP contribution in [0.3, 0.4) is 0 Å². The topological polar surface area (TPSA) is 52.6 Å². The first-order valence-electron chi connectivity index (χ1n) is 7.76. The number of aromatic nitrogens is 1. The van der Waals surface area contributed by atoms with Crippen molar-refractivity contribution in [3.05, 3.63) is 66.5 Å². The van der Waals surface area contributed by atoms with Gasteiger partial charge in [-0.3, -0.25) is 0 Å². The maximum absolute atomic E-state index is 5.50. The van der Waals surface area contributed by atoms with E-state index in [0.29, 0.717) is 11.7 Å². The van der Waals surface area contributed by atoms with Crippen LogP contribution in [0.5, 0.6) is 5.75 Å². The summed E-state index contributed by atoms with van der Waals surface area (Å²) >= 11 is 5.50. The molecule has 1 unspecified atom stereocenters. The quantitative estimate of drug-likeness (QED) is 0.648. The molecule has 0 saturated carbocycles. The normalized spacial score (nSPS) is 16.6. The smallest absolute Gasteiger partial charge is 0.190 e. The molecule has 5 nitrogen and oxygen atoms in total. The highest BCUT2D eigenvalue weighted by atomic mass is 32.1. The lowest BCUT2D eigenvalue weighted by molar-refractivity contribution is 0.360. The van der Waals surface area contributed by atoms with Gasteiger partial charge < -0.3 is 15.0 Å². The Labute approximate surface area is 147 Å². The zero-order valence-corrected chi connectivity index (χ0v) is 14.3. The van der Waals surface area contributed by atoms with Crippen LogP contribution in [0.25, 0.3) is 0 Å². The van der Waals surface area contributed by atoms with E-state index in [4.69, 9.17) is 22.1 Å². The van der Waals surface area contributed by atoms with E-state index < -0.39 is 0 Å². The van der Waals surface area contributed by atoms with Crippen molar-refractivity contribution in [3.63, 3.8) is 0 Å². The van der Waals surface area contributed by atoms with Gasteiger partial charge in [-0.1, -0.05) is 6.08 Å². The van der Waals surface area contributed by atoms with E-state index in [1.54, 1.807) is 13.2 Å². The van der Waals surface area contributed by atoms with Gasteiger partial charge in [-0.2, -0.15) is 5.10 Å². The first-order chi connectivity index (χ1) is 11.7. The minimum Gasteiger partial charge on any atom is -0.497 e. The molecule has 0 radical (unpaired) electrons. The van der Waals surface area contributed by atoms with Crippen molar-refractivity contribution >= 4 is 23.0 Å². The summed E-state index contributed by atoms with van der Waals surface area (Å²) in [7, 11) is 1.66. The van der Waals surface area contributed by atoms with Gasteiger partial charge >= 0.3 is 0 Å². The van der Waals surface area contributed by atoms with Crippen LogP contribution in [0, 0.1) is 0 Å². The number of methoxy groups -OCH3 is 1. The first-order valence-corrected chi connectivity index (χ1v) is 8.17. The number of H-pyrrole nitrogens is 1. The van der Waals surface area contributed by atoms with Gasteiger partial charge in [0.1, 0.15) is 11.8 Å². The molecule has 3 rings (SSSR count). The summed E-state index contributed by atoms with van der Waals surface area (Å²) in [4.78, 5) is 3.27. The van der Waals surface area contributed by atoms with Gasteiger partial charge in [-0.15, -0.1) is 6.58 Å². The summed E-state index contributed by atoms with van der Waals surface area (Å²) in [5.74, 6) is 0.832. The van der Waals surface area contributed by atoms with Crippen molar-refractivity contribution in [1.82, 2.24) is 15.3 Å². The van der Waals surface area contributed by atoms with Crippen molar-refractivity contribution < 1.29 is 4.74 Å². The lowest BCUT2D eigenvalue weighted by Gasteiger charge is -2.23. The molecule has 0 spiro atoms. The molecule has 2 heterocycles. The Balaban J connectivity index is 1.87. The molecule has 0 saturated heterocycles. The maximum Gasteiger partial charge on any atom is 0.190 e. The molecule has 1 aromatic carbocycles. The maximum atomic E-state index is 5.50. The Kier molecular flexibility index (Phi) is 4.96. The molecule has 2 aromatic rings. The number of hydrogen-bond acceptors (Lipinski definition) is 3. The Morgan fingerprint density at radius 1 is 1.46 bits per heavy atom.